The second-order valence-electron chi connectivity index (χ2n) is 1.63. The molecule has 0 bridgehead atoms. The zero-order valence-electron chi connectivity index (χ0n) is 5.15. The first-order valence-corrected chi connectivity index (χ1v) is 2.32. The fraction of sp³-hybridized carbons (Fsp3) is 0.400. The number of hydrogen-bond donors (Lipinski definition) is 0. The molecule has 0 spiro atoms. The maximum absolute atomic E-state index is 11.8. The van der Waals surface area contributed by atoms with Crippen LogP contribution in [0.5, 0.6) is 0 Å². The van der Waals surface area contributed by atoms with Crippen LogP contribution in [0.2, 0.25) is 0 Å². The van der Waals surface area contributed by atoms with E-state index in [0.29, 0.717) is 0 Å². The van der Waals surface area contributed by atoms with Crippen LogP contribution in [-0.2, 0) is 0 Å². The molecule has 0 aliphatic heterocycles. The van der Waals surface area contributed by atoms with Gasteiger partial charge in [-0.05, 0) is 0 Å². The van der Waals surface area contributed by atoms with Gasteiger partial charge in [0, 0.05) is 5.92 Å². The summed E-state index contributed by atoms with van der Waals surface area (Å²) in [5.41, 5.74) is 0. The summed E-state index contributed by atoms with van der Waals surface area (Å²) < 4.78 is 80.1. The highest BCUT2D eigenvalue weighted by atomic mass is 19.3. The number of halogens is 7. The van der Waals surface area contributed by atoms with E-state index < -0.39 is 18.3 Å². The molecule has 0 aromatic carbocycles. The van der Waals surface area contributed by atoms with Crippen LogP contribution in [0, 0.1) is 18.5 Å². The predicted molar refractivity (Wildman–Crippen MR) is 24.2 cm³/mol. The van der Waals surface area contributed by atoms with Crippen molar-refractivity contribution >= 4 is 0 Å². The van der Waals surface area contributed by atoms with E-state index in [1.54, 1.807) is 0 Å². The van der Waals surface area contributed by atoms with E-state index in [2.05, 4.69) is 0 Å². The van der Waals surface area contributed by atoms with Gasteiger partial charge < -0.3 is 0 Å². The van der Waals surface area contributed by atoms with Crippen molar-refractivity contribution in [2.24, 2.45) is 0 Å². The number of hydrogen-bond acceptors (Lipinski definition) is 0. The molecule has 0 fully saturated rings. The van der Waals surface area contributed by atoms with Crippen molar-refractivity contribution in [3.05, 3.63) is 6.43 Å². The maximum atomic E-state index is 11.8. The smallest absolute Gasteiger partial charge is 0.192 e. The van der Waals surface area contributed by atoms with Gasteiger partial charge in [-0.2, -0.15) is 26.3 Å². The summed E-state index contributed by atoms with van der Waals surface area (Å²) in [6.45, 7) is 0. The highest BCUT2D eigenvalue weighted by Crippen LogP contribution is 2.42. The summed E-state index contributed by atoms with van der Waals surface area (Å²) in [7, 11) is 0. The molecule has 0 heterocycles. The topological polar surface area (TPSA) is 0 Å². The molecule has 0 aromatic heterocycles. The van der Waals surface area contributed by atoms with Crippen LogP contribution in [0.3, 0.4) is 0 Å². The Balaban J connectivity index is 4.83. The SMILES string of the molecule is FC#CC(F)(F)C(F)(F)[C](F)F. The number of rotatable bonds is 2. The molecular formula is C5F7. The van der Waals surface area contributed by atoms with Gasteiger partial charge in [0.05, 0.1) is 0 Å². The molecule has 0 aliphatic carbocycles. The van der Waals surface area contributed by atoms with Gasteiger partial charge in [0.15, 0.2) is 0 Å². The Labute approximate surface area is 62.4 Å². The van der Waals surface area contributed by atoms with Crippen LogP contribution in [0.4, 0.5) is 30.7 Å². The van der Waals surface area contributed by atoms with Crippen LogP contribution < -0.4 is 0 Å². The van der Waals surface area contributed by atoms with Gasteiger partial charge in [0.1, 0.15) is 6.17 Å². The molecule has 69 valence electrons. The van der Waals surface area contributed by atoms with Gasteiger partial charge in [-0.15, -0.1) is 4.39 Å². The molecule has 0 atom stereocenters. The lowest BCUT2D eigenvalue weighted by molar-refractivity contribution is -0.196. The largest absolute Gasteiger partial charge is 0.390 e. The highest BCUT2D eigenvalue weighted by molar-refractivity contribution is 5.15. The summed E-state index contributed by atoms with van der Waals surface area (Å²) in [5, 5.41) is 0. The molecule has 0 unspecified atom stereocenters. The quantitative estimate of drug-likeness (QED) is 0.467. The zero-order valence-corrected chi connectivity index (χ0v) is 5.15. The van der Waals surface area contributed by atoms with Gasteiger partial charge in [-0.3, -0.25) is 0 Å². The summed E-state index contributed by atoms with van der Waals surface area (Å²) in [6, 6.07) is 0. The van der Waals surface area contributed by atoms with Crippen LogP contribution >= 0.6 is 0 Å². The second-order valence-corrected chi connectivity index (χ2v) is 1.63. The third-order valence-electron chi connectivity index (χ3n) is 0.836. The van der Waals surface area contributed by atoms with Crippen molar-refractivity contribution in [1.82, 2.24) is 0 Å². The van der Waals surface area contributed by atoms with Gasteiger partial charge in [0.25, 0.3) is 0 Å². The van der Waals surface area contributed by atoms with Crippen molar-refractivity contribution in [2.45, 2.75) is 11.8 Å². The lowest BCUT2D eigenvalue weighted by Crippen LogP contribution is -2.41. The van der Waals surface area contributed by atoms with Crippen molar-refractivity contribution in [2.75, 3.05) is 0 Å². The Kier molecular flexibility index (Phi) is 2.96. The fourth-order valence-electron chi connectivity index (χ4n) is 0.257. The Morgan fingerprint density at radius 3 is 1.67 bits per heavy atom. The zero-order chi connectivity index (χ0) is 9.99. The van der Waals surface area contributed by atoms with E-state index >= 15 is 0 Å². The molecule has 0 saturated carbocycles. The second kappa shape index (κ2) is 3.21. The molecule has 0 N–H and O–H groups in total. The van der Waals surface area contributed by atoms with E-state index in [-0.39, 0.29) is 12.1 Å². The molecule has 0 aromatic rings. The van der Waals surface area contributed by atoms with E-state index in [1.807, 2.05) is 0 Å². The molecular weight excluding hydrogens is 193 g/mol. The molecule has 12 heavy (non-hydrogen) atoms. The molecule has 0 rings (SSSR count). The average Bonchev–Trinajstić information content (AvgIpc) is 1.86. The van der Waals surface area contributed by atoms with Crippen molar-refractivity contribution in [3.63, 3.8) is 0 Å². The van der Waals surface area contributed by atoms with Crippen LogP contribution in [0.15, 0.2) is 0 Å². The predicted octanol–water partition coefficient (Wildman–Crippen LogP) is 2.62. The third kappa shape index (κ3) is 1.81. The summed E-state index contributed by atoms with van der Waals surface area (Å²) >= 11 is 0. The van der Waals surface area contributed by atoms with Crippen molar-refractivity contribution in [1.29, 1.82) is 0 Å². The Hall–Kier alpha value is -0.930. The summed E-state index contributed by atoms with van der Waals surface area (Å²) in [5.74, 6) is -11.1. The van der Waals surface area contributed by atoms with E-state index in [0.717, 1.165) is 0 Å². The number of alkyl halides is 4. The van der Waals surface area contributed by atoms with Crippen LogP contribution in [0.1, 0.15) is 0 Å². The van der Waals surface area contributed by atoms with Gasteiger partial charge in [-0.1, -0.05) is 0 Å². The minimum Gasteiger partial charge on any atom is -0.192 e. The minimum atomic E-state index is -5.72. The third-order valence-corrected chi connectivity index (χ3v) is 0.836. The highest BCUT2D eigenvalue weighted by Gasteiger charge is 2.64. The Morgan fingerprint density at radius 1 is 1.00 bits per heavy atom. The molecule has 0 aliphatic rings. The lowest BCUT2D eigenvalue weighted by atomic mass is 10.2. The van der Waals surface area contributed by atoms with Gasteiger partial charge in [0.2, 0.25) is 0 Å². The monoisotopic (exact) mass is 193 g/mol. The first-order valence-electron chi connectivity index (χ1n) is 2.32. The molecule has 1 radical (unpaired) electrons. The van der Waals surface area contributed by atoms with Crippen LogP contribution in [-0.4, -0.2) is 11.8 Å². The van der Waals surface area contributed by atoms with Gasteiger partial charge >= 0.3 is 18.3 Å². The Bertz CT molecular complexity index is 208. The molecule has 7 heteroatoms. The normalized spacial score (nSPS) is 12.7. The average molecular weight is 193 g/mol. The fourth-order valence-corrected chi connectivity index (χ4v) is 0.257. The standard InChI is InChI=1S/C5F7/c6-2-1-4(9,10)5(11,12)3(7)8. The summed E-state index contributed by atoms with van der Waals surface area (Å²) in [4.78, 5) is 0. The molecule has 0 saturated heterocycles. The van der Waals surface area contributed by atoms with E-state index in [4.69, 9.17) is 0 Å². The van der Waals surface area contributed by atoms with Crippen molar-refractivity contribution in [3.8, 4) is 12.1 Å². The summed E-state index contributed by atoms with van der Waals surface area (Å²) in [6.07, 6.45) is -3.87. The Morgan fingerprint density at radius 2 is 1.42 bits per heavy atom. The van der Waals surface area contributed by atoms with Crippen LogP contribution in [0.25, 0.3) is 0 Å². The first kappa shape index (κ1) is 11.1. The molecule has 0 amide bonds. The maximum Gasteiger partial charge on any atom is 0.390 e. The van der Waals surface area contributed by atoms with E-state index in [9.17, 15) is 30.7 Å². The van der Waals surface area contributed by atoms with Gasteiger partial charge in [-0.25, -0.2) is 0 Å². The van der Waals surface area contributed by atoms with Crippen molar-refractivity contribution < 1.29 is 30.7 Å². The lowest BCUT2D eigenvalue weighted by Gasteiger charge is -2.18. The van der Waals surface area contributed by atoms with E-state index in [1.165, 1.54) is 0 Å². The first-order chi connectivity index (χ1) is 5.25. The minimum absolute atomic E-state index is 0.0426. The molecule has 0 nitrogen and oxygen atoms in total.